The lowest BCUT2D eigenvalue weighted by molar-refractivity contribution is 0.175. The van der Waals surface area contributed by atoms with Crippen LogP contribution in [0, 0.1) is 23.7 Å². The summed E-state index contributed by atoms with van der Waals surface area (Å²) in [7, 11) is 0. The lowest BCUT2D eigenvalue weighted by Crippen LogP contribution is -2.31. The van der Waals surface area contributed by atoms with Crippen molar-refractivity contribution in [2.24, 2.45) is 23.7 Å². The van der Waals surface area contributed by atoms with Crippen molar-refractivity contribution in [1.29, 1.82) is 0 Å². The number of fused-ring (bicyclic) bond motifs is 2. The van der Waals surface area contributed by atoms with E-state index >= 15 is 0 Å². The minimum absolute atomic E-state index is 0.929. The molecular formula is C11H20S. The second-order valence-corrected chi connectivity index (χ2v) is 6.06. The maximum atomic E-state index is 2.40. The van der Waals surface area contributed by atoms with Crippen molar-refractivity contribution in [3.8, 4) is 0 Å². The number of thioether (sulfide) groups is 1. The van der Waals surface area contributed by atoms with Gasteiger partial charge in [0.15, 0.2) is 0 Å². The molecule has 0 aromatic heterocycles. The molecule has 0 radical (unpaired) electrons. The van der Waals surface area contributed by atoms with Crippen LogP contribution in [0.1, 0.15) is 33.1 Å². The third-order valence-corrected chi connectivity index (χ3v) is 5.00. The van der Waals surface area contributed by atoms with Crippen LogP contribution in [0.4, 0.5) is 0 Å². The number of rotatable bonds is 1. The summed E-state index contributed by atoms with van der Waals surface area (Å²) in [6, 6.07) is 0. The van der Waals surface area contributed by atoms with Gasteiger partial charge in [-0.2, -0.15) is 11.8 Å². The van der Waals surface area contributed by atoms with Crippen molar-refractivity contribution in [3.63, 3.8) is 0 Å². The maximum Gasteiger partial charge on any atom is -0.00388 e. The van der Waals surface area contributed by atoms with E-state index in [1.165, 1.54) is 24.3 Å². The van der Waals surface area contributed by atoms with Gasteiger partial charge in [-0.3, -0.25) is 0 Å². The molecule has 2 fully saturated rings. The zero-order chi connectivity index (χ0) is 8.55. The third-order valence-electron chi connectivity index (χ3n) is 3.59. The molecule has 2 rings (SSSR count). The predicted molar refractivity (Wildman–Crippen MR) is 56.5 cm³/mol. The first-order chi connectivity index (χ1) is 5.75. The van der Waals surface area contributed by atoms with Crippen molar-refractivity contribution in [2.75, 3.05) is 11.5 Å². The van der Waals surface area contributed by atoms with Gasteiger partial charge in [-0.25, -0.2) is 0 Å². The van der Waals surface area contributed by atoms with Gasteiger partial charge in [-0.1, -0.05) is 13.8 Å². The summed E-state index contributed by atoms with van der Waals surface area (Å²) in [5.74, 6) is 7.05. The highest BCUT2D eigenvalue weighted by atomic mass is 32.2. The molecule has 12 heavy (non-hydrogen) atoms. The van der Waals surface area contributed by atoms with Gasteiger partial charge >= 0.3 is 0 Å². The molecule has 70 valence electrons. The molecule has 2 aliphatic rings. The molecular weight excluding hydrogens is 164 g/mol. The smallest absolute Gasteiger partial charge is 0.00388 e. The molecule has 0 amide bonds. The Kier molecular flexibility index (Phi) is 2.69. The lowest BCUT2D eigenvalue weighted by atomic mass is 9.72. The summed E-state index contributed by atoms with van der Waals surface area (Å²) in [5.41, 5.74) is 0. The molecule has 2 bridgehead atoms. The fourth-order valence-corrected chi connectivity index (χ4v) is 4.18. The zero-order valence-electron chi connectivity index (χ0n) is 8.25. The number of hydrogen-bond donors (Lipinski definition) is 0. The molecule has 1 aliphatic carbocycles. The average molecular weight is 184 g/mol. The van der Waals surface area contributed by atoms with Gasteiger partial charge in [-0.15, -0.1) is 0 Å². The molecule has 0 spiro atoms. The molecule has 1 heterocycles. The van der Waals surface area contributed by atoms with Crippen molar-refractivity contribution >= 4 is 11.8 Å². The fraction of sp³-hybridized carbons (Fsp3) is 1.00. The van der Waals surface area contributed by atoms with Crippen LogP contribution in [0.25, 0.3) is 0 Å². The molecule has 1 saturated carbocycles. The van der Waals surface area contributed by atoms with Crippen molar-refractivity contribution in [1.82, 2.24) is 0 Å². The van der Waals surface area contributed by atoms with Gasteiger partial charge in [0.2, 0.25) is 0 Å². The normalized spacial score (nSPS) is 41.8. The molecule has 0 nitrogen and oxygen atoms in total. The van der Waals surface area contributed by atoms with E-state index < -0.39 is 0 Å². The summed E-state index contributed by atoms with van der Waals surface area (Å²) >= 11 is 2.20. The van der Waals surface area contributed by atoms with Crippen molar-refractivity contribution < 1.29 is 0 Å². The molecule has 0 aromatic rings. The van der Waals surface area contributed by atoms with Gasteiger partial charge in [-0.05, 0) is 54.4 Å². The fourth-order valence-electron chi connectivity index (χ4n) is 2.83. The van der Waals surface area contributed by atoms with E-state index in [0.29, 0.717) is 0 Å². The Hall–Kier alpha value is 0.350. The SMILES string of the molecule is CC(C)C1CC2CSCC(C2)C1. The van der Waals surface area contributed by atoms with E-state index in [9.17, 15) is 0 Å². The van der Waals surface area contributed by atoms with E-state index in [-0.39, 0.29) is 0 Å². The standard InChI is InChI=1S/C11H20S/c1-8(2)11-4-9-3-10(5-11)7-12-6-9/h8-11H,3-7H2,1-2H3. The van der Waals surface area contributed by atoms with Gasteiger partial charge in [0, 0.05) is 0 Å². The first-order valence-corrected chi connectivity index (χ1v) is 6.49. The van der Waals surface area contributed by atoms with E-state index in [4.69, 9.17) is 0 Å². The second kappa shape index (κ2) is 3.61. The van der Waals surface area contributed by atoms with E-state index in [0.717, 1.165) is 23.7 Å². The van der Waals surface area contributed by atoms with Gasteiger partial charge in [0.05, 0.1) is 0 Å². The summed E-state index contributed by atoms with van der Waals surface area (Å²) in [6.07, 6.45) is 4.61. The highest BCUT2D eigenvalue weighted by Crippen LogP contribution is 2.43. The van der Waals surface area contributed by atoms with Crippen LogP contribution in [0.3, 0.4) is 0 Å². The average Bonchev–Trinajstić information content (AvgIpc) is 2.03. The summed E-state index contributed by atoms with van der Waals surface area (Å²) in [4.78, 5) is 0. The van der Waals surface area contributed by atoms with Crippen LogP contribution in [0.5, 0.6) is 0 Å². The van der Waals surface area contributed by atoms with Crippen LogP contribution < -0.4 is 0 Å². The largest absolute Gasteiger partial charge is 0.161 e. The summed E-state index contributed by atoms with van der Waals surface area (Å²) in [5, 5.41) is 0. The van der Waals surface area contributed by atoms with E-state index in [1.54, 1.807) is 6.42 Å². The highest BCUT2D eigenvalue weighted by molar-refractivity contribution is 7.99. The minimum atomic E-state index is 0.929. The third kappa shape index (κ3) is 1.81. The van der Waals surface area contributed by atoms with Crippen LogP contribution >= 0.6 is 11.8 Å². The van der Waals surface area contributed by atoms with E-state index in [2.05, 4.69) is 25.6 Å². The monoisotopic (exact) mass is 184 g/mol. The molecule has 1 heteroatoms. The first kappa shape index (κ1) is 8.93. The highest BCUT2D eigenvalue weighted by Gasteiger charge is 2.32. The Balaban J connectivity index is 1.96. The molecule has 1 aliphatic heterocycles. The minimum Gasteiger partial charge on any atom is -0.161 e. The molecule has 0 aromatic carbocycles. The van der Waals surface area contributed by atoms with Gasteiger partial charge < -0.3 is 0 Å². The van der Waals surface area contributed by atoms with E-state index in [1.807, 2.05) is 0 Å². The molecule has 0 N–H and O–H groups in total. The Morgan fingerprint density at radius 2 is 1.58 bits per heavy atom. The van der Waals surface area contributed by atoms with Crippen molar-refractivity contribution in [2.45, 2.75) is 33.1 Å². The Morgan fingerprint density at radius 1 is 1.00 bits per heavy atom. The summed E-state index contributed by atoms with van der Waals surface area (Å²) < 4.78 is 0. The second-order valence-electron chi connectivity index (χ2n) is 4.98. The Morgan fingerprint density at radius 3 is 2.08 bits per heavy atom. The molecule has 2 unspecified atom stereocenters. The molecule has 2 atom stereocenters. The first-order valence-electron chi connectivity index (χ1n) is 5.33. The Labute approximate surface area is 80.5 Å². The molecule has 1 saturated heterocycles. The van der Waals surface area contributed by atoms with Crippen LogP contribution in [0.2, 0.25) is 0 Å². The zero-order valence-corrected chi connectivity index (χ0v) is 9.07. The lowest BCUT2D eigenvalue weighted by Gasteiger charge is -2.40. The van der Waals surface area contributed by atoms with Crippen LogP contribution in [-0.2, 0) is 0 Å². The maximum absolute atomic E-state index is 2.40. The van der Waals surface area contributed by atoms with Crippen molar-refractivity contribution in [3.05, 3.63) is 0 Å². The predicted octanol–water partition coefficient (Wildman–Crippen LogP) is 3.42. The van der Waals surface area contributed by atoms with Gasteiger partial charge in [0.25, 0.3) is 0 Å². The van der Waals surface area contributed by atoms with Gasteiger partial charge in [0.1, 0.15) is 0 Å². The number of hydrogen-bond acceptors (Lipinski definition) is 1. The topological polar surface area (TPSA) is 0 Å². The van der Waals surface area contributed by atoms with Crippen LogP contribution in [0.15, 0.2) is 0 Å². The quantitative estimate of drug-likeness (QED) is 0.601. The Bertz CT molecular complexity index is 141. The van der Waals surface area contributed by atoms with Crippen LogP contribution in [-0.4, -0.2) is 11.5 Å². The summed E-state index contributed by atoms with van der Waals surface area (Å²) in [6.45, 7) is 4.80.